The first-order valence-corrected chi connectivity index (χ1v) is 5.32. The van der Waals surface area contributed by atoms with E-state index in [1.807, 2.05) is 6.92 Å². The van der Waals surface area contributed by atoms with Crippen LogP contribution in [0.5, 0.6) is 0 Å². The largest absolute Gasteiger partial charge is 0.393 e. The van der Waals surface area contributed by atoms with E-state index in [0.29, 0.717) is 0 Å². The van der Waals surface area contributed by atoms with Crippen molar-refractivity contribution in [2.24, 2.45) is 0 Å². The molecule has 1 unspecified atom stereocenters. The second kappa shape index (κ2) is 6.17. The van der Waals surface area contributed by atoms with Crippen LogP contribution in [0.3, 0.4) is 0 Å². The lowest BCUT2D eigenvalue weighted by molar-refractivity contribution is 0.0422. The zero-order valence-electron chi connectivity index (χ0n) is 9.20. The van der Waals surface area contributed by atoms with E-state index >= 15 is 0 Å². The van der Waals surface area contributed by atoms with E-state index in [0.717, 1.165) is 39.3 Å². The van der Waals surface area contributed by atoms with Gasteiger partial charge in [-0.1, -0.05) is 11.6 Å². The fourth-order valence-corrected chi connectivity index (χ4v) is 1.55. The van der Waals surface area contributed by atoms with Gasteiger partial charge in [-0.25, -0.2) is 0 Å². The van der Waals surface area contributed by atoms with E-state index in [1.165, 1.54) is 5.57 Å². The van der Waals surface area contributed by atoms with Crippen molar-refractivity contribution < 1.29 is 9.84 Å². The summed E-state index contributed by atoms with van der Waals surface area (Å²) in [5, 5.41) is 9.13. The van der Waals surface area contributed by atoms with Crippen molar-refractivity contribution in [2.75, 3.05) is 32.8 Å². The third-order valence-electron chi connectivity index (χ3n) is 2.38. The first kappa shape index (κ1) is 11.7. The average molecular weight is 199 g/mol. The molecule has 1 fully saturated rings. The summed E-state index contributed by atoms with van der Waals surface area (Å²) in [6.45, 7) is 8.71. The highest BCUT2D eigenvalue weighted by atomic mass is 16.5. The zero-order chi connectivity index (χ0) is 10.4. The van der Waals surface area contributed by atoms with Gasteiger partial charge in [0, 0.05) is 19.6 Å². The maximum absolute atomic E-state index is 9.13. The lowest BCUT2D eigenvalue weighted by atomic mass is 10.2. The summed E-state index contributed by atoms with van der Waals surface area (Å²) in [6, 6.07) is 0. The van der Waals surface area contributed by atoms with Crippen LogP contribution in [0.2, 0.25) is 0 Å². The summed E-state index contributed by atoms with van der Waals surface area (Å²) < 4.78 is 5.28. The maximum Gasteiger partial charge on any atom is 0.0594 e. The normalized spacial score (nSPS) is 22.4. The first-order valence-electron chi connectivity index (χ1n) is 5.32. The molecular formula is C11H21NO2. The molecule has 0 radical (unpaired) electrons. The van der Waals surface area contributed by atoms with E-state index in [1.54, 1.807) is 0 Å². The van der Waals surface area contributed by atoms with Crippen molar-refractivity contribution >= 4 is 0 Å². The second-order valence-corrected chi connectivity index (χ2v) is 4.02. The van der Waals surface area contributed by atoms with Crippen LogP contribution in [0.4, 0.5) is 0 Å². The summed E-state index contributed by atoms with van der Waals surface area (Å²) >= 11 is 0. The molecule has 1 atom stereocenters. The molecule has 0 aromatic carbocycles. The minimum Gasteiger partial charge on any atom is -0.393 e. The van der Waals surface area contributed by atoms with Gasteiger partial charge in [0.05, 0.1) is 19.3 Å². The number of nitrogens with zero attached hydrogens (tertiary/aromatic N) is 1. The van der Waals surface area contributed by atoms with Gasteiger partial charge in [-0.2, -0.15) is 0 Å². The molecule has 82 valence electrons. The molecule has 0 amide bonds. The van der Waals surface area contributed by atoms with Crippen LogP contribution in [0.15, 0.2) is 11.6 Å². The summed E-state index contributed by atoms with van der Waals surface area (Å²) in [5.74, 6) is 0. The highest BCUT2D eigenvalue weighted by molar-refractivity contribution is 5.01. The molecule has 3 nitrogen and oxygen atoms in total. The quantitative estimate of drug-likeness (QED) is 0.687. The minimum absolute atomic E-state index is 0.227. The standard InChI is InChI=1S/C11H21NO2/c1-10(3-4-11(2)13)9-12-5-7-14-8-6-12/h3,11,13H,4-9H2,1-2H3/b10-3+. The van der Waals surface area contributed by atoms with E-state index < -0.39 is 0 Å². The van der Waals surface area contributed by atoms with Crippen molar-refractivity contribution in [3.05, 3.63) is 11.6 Å². The third kappa shape index (κ3) is 4.74. The molecule has 0 bridgehead atoms. The van der Waals surface area contributed by atoms with Crippen LogP contribution in [0.1, 0.15) is 20.3 Å². The molecule has 0 aromatic rings. The molecule has 1 rings (SSSR count). The Labute approximate surface area is 86.4 Å². The molecule has 1 N–H and O–H groups in total. The molecular weight excluding hydrogens is 178 g/mol. The summed E-state index contributed by atoms with van der Waals surface area (Å²) in [4.78, 5) is 2.39. The van der Waals surface area contributed by atoms with Gasteiger partial charge >= 0.3 is 0 Å². The smallest absolute Gasteiger partial charge is 0.0594 e. The van der Waals surface area contributed by atoms with Crippen molar-refractivity contribution in [3.8, 4) is 0 Å². The van der Waals surface area contributed by atoms with Gasteiger partial charge in [0.15, 0.2) is 0 Å². The summed E-state index contributed by atoms with van der Waals surface area (Å²) in [7, 11) is 0. The van der Waals surface area contributed by atoms with E-state index in [2.05, 4.69) is 17.9 Å². The van der Waals surface area contributed by atoms with Crippen LogP contribution < -0.4 is 0 Å². The lowest BCUT2D eigenvalue weighted by Crippen LogP contribution is -2.37. The number of hydrogen-bond donors (Lipinski definition) is 1. The van der Waals surface area contributed by atoms with Gasteiger partial charge in [-0.05, 0) is 20.3 Å². The van der Waals surface area contributed by atoms with Gasteiger partial charge in [-0.3, -0.25) is 4.90 Å². The Morgan fingerprint density at radius 3 is 2.71 bits per heavy atom. The molecule has 1 saturated heterocycles. The van der Waals surface area contributed by atoms with E-state index in [9.17, 15) is 0 Å². The average Bonchev–Trinajstić information content (AvgIpc) is 2.16. The maximum atomic E-state index is 9.13. The van der Waals surface area contributed by atoms with Crippen LogP contribution in [-0.4, -0.2) is 49.0 Å². The molecule has 3 heteroatoms. The Balaban J connectivity index is 2.24. The molecule has 0 aromatic heterocycles. The van der Waals surface area contributed by atoms with Gasteiger partial charge in [0.25, 0.3) is 0 Å². The molecule has 0 saturated carbocycles. The van der Waals surface area contributed by atoms with Crippen molar-refractivity contribution in [1.82, 2.24) is 4.90 Å². The molecule has 1 aliphatic heterocycles. The Kier molecular flexibility index (Phi) is 5.15. The minimum atomic E-state index is -0.227. The fraction of sp³-hybridized carbons (Fsp3) is 0.818. The highest BCUT2D eigenvalue weighted by Gasteiger charge is 2.09. The lowest BCUT2D eigenvalue weighted by Gasteiger charge is -2.26. The van der Waals surface area contributed by atoms with E-state index in [4.69, 9.17) is 9.84 Å². The molecule has 1 aliphatic rings. The van der Waals surface area contributed by atoms with Gasteiger partial charge in [0.2, 0.25) is 0 Å². The van der Waals surface area contributed by atoms with Crippen molar-refractivity contribution in [3.63, 3.8) is 0 Å². The monoisotopic (exact) mass is 199 g/mol. The van der Waals surface area contributed by atoms with Crippen LogP contribution in [0, 0.1) is 0 Å². The van der Waals surface area contributed by atoms with Crippen molar-refractivity contribution in [1.29, 1.82) is 0 Å². The van der Waals surface area contributed by atoms with Crippen LogP contribution in [0.25, 0.3) is 0 Å². The van der Waals surface area contributed by atoms with Gasteiger partial charge in [0.1, 0.15) is 0 Å². The molecule has 0 aliphatic carbocycles. The Hall–Kier alpha value is -0.380. The predicted octanol–water partition coefficient (Wildman–Crippen LogP) is 1.04. The number of aliphatic hydroxyl groups is 1. The molecule has 14 heavy (non-hydrogen) atoms. The number of morpholine rings is 1. The molecule has 0 spiro atoms. The predicted molar refractivity (Wildman–Crippen MR) is 57.3 cm³/mol. The summed E-state index contributed by atoms with van der Waals surface area (Å²) in [5.41, 5.74) is 1.34. The molecule has 1 heterocycles. The fourth-order valence-electron chi connectivity index (χ4n) is 1.55. The SMILES string of the molecule is C/C(=C\CC(C)O)CN1CCOCC1. The first-order chi connectivity index (χ1) is 6.68. The van der Waals surface area contributed by atoms with Gasteiger partial charge < -0.3 is 9.84 Å². The van der Waals surface area contributed by atoms with Crippen LogP contribution in [-0.2, 0) is 4.74 Å². The van der Waals surface area contributed by atoms with E-state index in [-0.39, 0.29) is 6.10 Å². The zero-order valence-corrected chi connectivity index (χ0v) is 9.20. The number of hydrogen-bond acceptors (Lipinski definition) is 3. The highest BCUT2D eigenvalue weighted by Crippen LogP contribution is 2.04. The van der Waals surface area contributed by atoms with Crippen molar-refractivity contribution in [2.45, 2.75) is 26.4 Å². The number of rotatable bonds is 4. The Bertz CT molecular complexity index is 184. The third-order valence-corrected chi connectivity index (χ3v) is 2.38. The Morgan fingerprint density at radius 2 is 2.14 bits per heavy atom. The number of aliphatic hydroxyl groups excluding tert-OH is 1. The van der Waals surface area contributed by atoms with Gasteiger partial charge in [-0.15, -0.1) is 0 Å². The Morgan fingerprint density at radius 1 is 1.50 bits per heavy atom. The number of ether oxygens (including phenoxy) is 1. The van der Waals surface area contributed by atoms with Crippen LogP contribution >= 0.6 is 0 Å². The summed E-state index contributed by atoms with van der Waals surface area (Å²) in [6.07, 6.45) is 2.66. The second-order valence-electron chi connectivity index (χ2n) is 4.02. The topological polar surface area (TPSA) is 32.7 Å².